The molecule has 0 saturated carbocycles. The number of hydrogen-bond donors (Lipinski definition) is 1. The minimum Gasteiger partial charge on any atom is -0.512 e. The van der Waals surface area contributed by atoms with Crippen LogP contribution in [0.15, 0.2) is 72.6 Å². The monoisotopic (exact) mass is 907 g/mol. The summed E-state index contributed by atoms with van der Waals surface area (Å²) in [6.07, 6.45) is 6.69. The van der Waals surface area contributed by atoms with Gasteiger partial charge < -0.3 is 5.11 Å². The Balaban J connectivity index is 0.000000374. The molecule has 51 heavy (non-hydrogen) atoms. The predicted molar refractivity (Wildman–Crippen MR) is 214 cm³/mol. The van der Waals surface area contributed by atoms with Gasteiger partial charge in [-0.05, 0) is 53.7 Å². The van der Waals surface area contributed by atoms with Crippen molar-refractivity contribution in [1.29, 1.82) is 0 Å². The molecule has 0 spiro atoms. The Labute approximate surface area is 322 Å². The molecule has 0 aliphatic heterocycles. The third kappa shape index (κ3) is 10.0. The zero-order valence-electron chi connectivity index (χ0n) is 31.8. The van der Waals surface area contributed by atoms with Crippen LogP contribution < -0.4 is 0 Å². The van der Waals surface area contributed by atoms with E-state index in [0.717, 1.165) is 41.5 Å². The summed E-state index contributed by atoms with van der Waals surface area (Å²) >= 11 is 1.70. The first-order valence-electron chi connectivity index (χ1n) is 18.0. The molecule has 0 fully saturated rings. The molecule has 0 unspecified atom stereocenters. The molecule has 1 radical (unpaired) electrons. The molecule has 0 aliphatic carbocycles. The van der Waals surface area contributed by atoms with E-state index in [1.165, 1.54) is 21.7 Å². The van der Waals surface area contributed by atoms with Crippen molar-refractivity contribution in [3.8, 4) is 11.3 Å². The maximum Gasteiger partial charge on any atom is 0.258 e. The number of hydrogen-bond acceptors (Lipinski definition) is 4. The van der Waals surface area contributed by atoms with Crippen molar-refractivity contribution in [2.45, 2.75) is 111 Å². The van der Waals surface area contributed by atoms with Crippen molar-refractivity contribution in [1.82, 2.24) is 4.98 Å². The third-order valence-corrected chi connectivity index (χ3v) is 12.2. The van der Waals surface area contributed by atoms with Crippen LogP contribution in [0, 0.1) is 17.9 Å². The van der Waals surface area contributed by atoms with E-state index >= 15 is 8.78 Å². The fraction of sp³-hybridized carbons (Fsp3) is 0.442. The molecule has 5 aromatic rings. The number of ketones is 1. The number of fused-ring (bicyclic) bond motifs is 4. The minimum atomic E-state index is -2.92. The number of benzene rings is 3. The minimum absolute atomic E-state index is 0. The van der Waals surface area contributed by atoms with E-state index in [0.29, 0.717) is 16.3 Å². The smallest absolute Gasteiger partial charge is 0.258 e. The normalized spacial score (nSPS) is 12.8. The van der Waals surface area contributed by atoms with E-state index in [4.69, 9.17) is 4.98 Å². The second-order valence-electron chi connectivity index (χ2n) is 15.7. The summed E-state index contributed by atoms with van der Waals surface area (Å²) in [5, 5.41) is 13.3. The zero-order valence-corrected chi connectivity index (χ0v) is 36.1. The molecule has 1 N–H and O–H groups in total. The number of aromatic nitrogens is 1. The van der Waals surface area contributed by atoms with E-state index in [1.54, 1.807) is 29.7 Å². The predicted octanol–water partition coefficient (Wildman–Crippen LogP) is 13.7. The Morgan fingerprint density at radius 2 is 1.45 bits per heavy atom. The van der Waals surface area contributed by atoms with Crippen molar-refractivity contribution in [3.05, 3.63) is 89.8 Å². The number of alkyl halides is 2. The summed E-state index contributed by atoms with van der Waals surface area (Å²) in [7, 11) is -2.02. The van der Waals surface area contributed by atoms with Gasteiger partial charge in [0.1, 0.15) is 0 Å². The second kappa shape index (κ2) is 17.4. The molecule has 277 valence electrons. The van der Waals surface area contributed by atoms with Gasteiger partial charge in [-0.3, -0.25) is 9.78 Å². The van der Waals surface area contributed by atoms with Gasteiger partial charge in [-0.15, -0.1) is 34.9 Å². The summed E-state index contributed by atoms with van der Waals surface area (Å²) in [5.74, 6) is -2.37. The number of nitrogens with zero attached hydrogens (tertiary/aromatic N) is 1. The molecule has 3 aromatic carbocycles. The zero-order chi connectivity index (χ0) is 37.0. The Kier molecular flexibility index (Phi) is 14.5. The van der Waals surface area contributed by atoms with Crippen LogP contribution in [0.4, 0.5) is 8.78 Å². The Morgan fingerprint density at radius 1 is 0.863 bits per heavy atom. The van der Waals surface area contributed by atoms with E-state index in [-0.39, 0.29) is 60.5 Å². The van der Waals surface area contributed by atoms with Gasteiger partial charge in [0, 0.05) is 70.7 Å². The molecular formula is C43H54F2IrNO2SSi-. The van der Waals surface area contributed by atoms with E-state index < -0.39 is 14.0 Å². The van der Waals surface area contributed by atoms with Crippen LogP contribution in [0.25, 0.3) is 42.2 Å². The van der Waals surface area contributed by atoms with Crippen LogP contribution in [0.5, 0.6) is 0 Å². The number of thiophene rings is 1. The number of allylic oxidation sites excluding steroid dienone is 2. The van der Waals surface area contributed by atoms with Crippen LogP contribution >= 0.6 is 11.3 Å². The molecule has 0 amide bonds. The van der Waals surface area contributed by atoms with Gasteiger partial charge in [-0.25, -0.2) is 8.78 Å². The van der Waals surface area contributed by atoms with Crippen molar-refractivity contribution < 1.29 is 38.8 Å². The number of carbonyl (C=O) groups excluding carboxylic acids is 1. The Morgan fingerprint density at radius 3 is 2.04 bits per heavy atom. The van der Waals surface area contributed by atoms with E-state index in [9.17, 15) is 9.90 Å². The molecule has 0 atom stereocenters. The second-order valence-corrected chi connectivity index (χ2v) is 22.1. The van der Waals surface area contributed by atoms with Crippen molar-refractivity contribution in [2.75, 3.05) is 0 Å². The van der Waals surface area contributed by atoms with Crippen LogP contribution in [0.1, 0.15) is 85.3 Å². The van der Waals surface area contributed by atoms with Gasteiger partial charge in [-0.1, -0.05) is 115 Å². The SMILES string of the molecule is CC(C)(C)c1cccc2c1sc1c(-c3[c-]c4ccccc4c(C(F)(F)C[Si](C)(C)C)c3)nccc12.CCC(CC)C(=O)/C=C(\O)C(CC)CC.[Ir]. The number of rotatable bonds is 11. The number of carbonyl (C=O) groups is 1. The van der Waals surface area contributed by atoms with Gasteiger partial charge in [0.2, 0.25) is 0 Å². The molecule has 2 heterocycles. The average Bonchev–Trinajstić information content (AvgIpc) is 3.43. The largest absolute Gasteiger partial charge is 0.512 e. The molecule has 0 saturated heterocycles. The van der Waals surface area contributed by atoms with E-state index in [1.807, 2.05) is 71.6 Å². The molecule has 2 aromatic heterocycles. The van der Waals surface area contributed by atoms with Gasteiger partial charge in [0.05, 0.1) is 13.8 Å². The van der Waals surface area contributed by atoms with Gasteiger partial charge >= 0.3 is 0 Å². The number of aliphatic hydroxyl groups is 1. The fourth-order valence-corrected chi connectivity index (χ4v) is 9.75. The summed E-state index contributed by atoms with van der Waals surface area (Å²) in [6.45, 7) is 20.7. The summed E-state index contributed by atoms with van der Waals surface area (Å²) in [6, 6.07) is 20.8. The first kappa shape index (κ1) is 42.6. The van der Waals surface area contributed by atoms with Gasteiger partial charge in [-0.2, -0.15) is 0 Å². The Hall–Kier alpha value is -2.77. The molecule has 3 nitrogen and oxygen atoms in total. The van der Waals surface area contributed by atoms with Crippen molar-refractivity contribution in [2.24, 2.45) is 11.8 Å². The first-order chi connectivity index (χ1) is 23.4. The van der Waals surface area contributed by atoms with Crippen LogP contribution in [-0.4, -0.2) is 23.9 Å². The van der Waals surface area contributed by atoms with Crippen LogP contribution in [0.3, 0.4) is 0 Å². The average molecular weight is 907 g/mol. The molecule has 5 rings (SSSR count). The molecule has 8 heteroatoms. The standard InChI is InChI=1S/C30H30F2NSSi.C13H24O2.Ir/c1-29(2,3)24-13-9-12-22-23-14-15-33-26(28(23)34-27(22)24)20-16-19-10-7-8-11-21(19)25(17-20)30(31,32)18-35(4,5)6;1-5-10(6-2)12(14)9-13(15)11(7-3)8-4;/h7-15,17H,18H2,1-6H3;9-11,14H,5-8H2,1-4H3;/q-1;;/b;12-9-;. The number of pyridine rings is 1. The quantitative estimate of drug-likeness (QED) is 0.0622. The summed E-state index contributed by atoms with van der Waals surface area (Å²) in [5.41, 5.74) is 2.71. The third-order valence-electron chi connectivity index (χ3n) is 9.48. The Bertz CT molecular complexity index is 1980. The van der Waals surface area contributed by atoms with E-state index in [2.05, 4.69) is 45.0 Å². The summed E-state index contributed by atoms with van der Waals surface area (Å²) in [4.78, 5) is 16.4. The molecule has 0 bridgehead atoms. The molecular weight excluding hydrogens is 853 g/mol. The van der Waals surface area contributed by atoms with Crippen LogP contribution in [0.2, 0.25) is 25.7 Å². The van der Waals surface area contributed by atoms with Crippen LogP contribution in [-0.2, 0) is 36.2 Å². The molecule has 0 aliphatic rings. The van der Waals surface area contributed by atoms with Crippen molar-refractivity contribution in [3.63, 3.8) is 0 Å². The van der Waals surface area contributed by atoms with Gasteiger partial charge in [0.15, 0.2) is 5.78 Å². The van der Waals surface area contributed by atoms with Gasteiger partial charge in [0.25, 0.3) is 5.92 Å². The first-order valence-corrected chi connectivity index (χ1v) is 22.6. The maximum atomic E-state index is 15.7. The topological polar surface area (TPSA) is 50.2 Å². The maximum absolute atomic E-state index is 15.7. The van der Waals surface area contributed by atoms with Crippen molar-refractivity contribution >= 4 is 56.1 Å². The number of halogens is 2. The number of aliphatic hydroxyl groups excluding tert-OH is 1. The fourth-order valence-electron chi connectivity index (χ4n) is 6.71. The summed E-state index contributed by atoms with van der Waals surface area (Å²) < 4.78 is 33.7.